The van der Waals surface area contributed by atoms with Crippen LogP contribution in [0.15, 0.2) is 112 Å². The van der Waals surface area contributed by atoms with E-state index in [1.54, 1.807) is 73.1 Å². The Balaban J connectivity index is 1.23. The number of amides is 3. The van der Waals surface area contributed by atoms with Crippen LogP contribution in [0.1, 0.15) is 22.8 Å². The highest BCUT2D eigenvalue weighted by atomic mass is 32.2. The van der Waals surface area contributed by atoms with Gasteiger partial charge in [-0.2, -0.15) is 0 Å². The monoisotopic (exact) mass is 640 g/mol. The summed E-state index contributed by atoms with van der Waals surface area (Å²) in [6, 6.07) is 27.0. The van der Waals surface area contributed by atoms with Crippen molar-refractivity contribution < 1.29 is 19.1 Å². The molecular formula is C33H28N4O4S3. The van der Waals surface area contributed by atoms with E-state index in [-0.39, 0.29) is 16.9 Å². The lowest BCUT2D eigenvalue weighted by Crippen LogP contribution is -2.30. The molecule has 3 N–H and O–H groups in total. The van der Waals surface area contributed by atoms with E-state index in [0.717, 1.165) is 15.5 Å². The minimum atomic E-state index is -0.501. The third-order valence-corrected chi connectivity index (χ3v) is 9.03. The highest BCUT2D eigenvalue weighted by Crippen LogP contribution is 2.30. The Kier molecular flexibility index (Phi) is 10.2. The van der Waals surface area contributed by atoms with E-state index in [9.17, 15) is 14.4 Å². The molecule has 5 rings (SSSR count). The quantitative estimate of drug-likeness (QED) is 0.103. The van der Waals surface area contributed by atoms with Crippen LogP contribution >= 0.6 is 34.4 Å². The number of hydrogen-bond donors (Lipinski definition) is 3. The lowest BCUT2D eigenvalue weighted by molar-refractivity contribution is -0.115. The van der Waals surface area contributed by atoms with Gasteiger partial charge >= 0.3 is 0 Å². The molecule has 0 radical (unpaired) electrons. The van der Waals surface area contributed by atoms with Gasteiger partial charge in [-0.25, -0.2) is 4.98 Å². The normalized spacial score (nSPS) is 11.8. The Hall–Kier alpha value is -4.71. The molecule has 0 saturated heterocycles. The average molecular weight is 641 g/mol. The van der Waals surface area contributed by atoms with Gasteiger partial charge in [0, 0.05) is 27.1 Å². The number of nitrogens with one attached hydrogen (secondary N) is 3. The second-order valence-electron chi connectivity index (χ2n) is 9.36. The van der Waals surface area contributed by atoms with Crippen molar-refractivity contribution in [3.8, 4) is 16.3 Å². The molecule has 0 saturated carbocycles. The smallest absolute Gasteiger partial charge is 0.272 e. The lowest BCUT2D eigenvalue weighted by Gasteiger charge is -2.13. The fourth-order valence-electron chi connectivity index (χ4n) is 4.03. The van der Waals surface area contributed by atoms with E-state index >= 15 is 0 Å². The topological polar surface area (TPSA) is 109 Å². The van der Waals surface area contributed by atoms with E-state index in [0.29, 0.717) is 27.7 Å². The van der Waals surface area contributed by atoms with Crippen molar-refractivity contribution in [1.29, 1.82) is 0 Å². The van der Waals surface area contributed by atoms with Crippen molar-refractivity contribution >= 4 is 69.1 Å². The summed E-state index contributed by atoms with van der Waals surface area (Å²) in [6.45, 7) is 1.83. The number of benzene rings is 3. The first-order valence-electron chi connectivity index (χ1n) is 13.5. The molecule has 3 aromatic carbocycles. The number of anilines is 2. The fourth-order valence-corrected chi connectivity index (χ4v) is 6.37. The van der Waals surface area contributed by atoms with Crippen LogP contribution in [0.2, 0.25) is 0 Å². The third kappa shape index (κ3) is 8.01. The third-order valence-electron chi connectivity index (χ3n) is 6.27. The number of aromatic nitrogens is 1. The van der Waals surface area contributed by atoms with Crippen LogP contribution in [0.25, 0.3) is 16.6 Å². The molecule has 11 heteroatoms. The second kappa shape index (κ2) is 14.6. The van der Waals surface area contributed by atoms with Gasteiger partial charge in [0.15, 0.2) is 5.13 Å². The molecule has 0 spiro atoms. The number of thiazole rings is 1. The summed E-state index contributed by atoms with van der Waals surface area (Å²) in [4.78, 5) is 45.6. The molecule has 3 amide bonds. The molecule has 1 unspecified atom stereocenters. The zero-order chi connectivity index (χ0) is 30.9. The first-order valence-corrected chi connectivity index (χ1v) is 16.1. The van der Waals surface area contributed by atoms with Crippen LogP contribution in [0.4, 0.5) is 10.8 Å². The zero-order valence-electron chi connectivity index (χ0n) is 23.8. The Bertz CT molecular complexity index is 1770. The average Bonchev–Trinajstić information content (AvgIpc) is 3.75. The number of para-hydroxylation sites is 1. The molecule has 0 fully saturated rings. The first-order chi connectivity index (χ1) is 21.4. The molecular weight excluding hydrogens is 613 g/mol. The summed E-state index contributed by atoms with van der Waals surface area (Å²) >= 11 is 4.38. The minimum absolute atomic E-state index is 0.0523. The summed E-state index contributed by atoms with van der Waals surface area (Å²) in [5.41, 5.74) is 2.48. The van der Waals surface area contributed by atoms with Crippen LogP contribution in [0, 0.1) is 0 Å². The summed E-state index contributed by atoms with van der Waals surface area (Å²) in [5.74, 6) is -0.510. The highest BCUT2D eigenvalue weighted by Gasteiger charge is 2.18. The largest absolute Gasteiger partial charge is 0.496 e. The molecule has 0 bridgehead atoms. The SMILES string of the molecule is COc1ccccc1/C=C(\NC(=O)c1ccccc1)C(=O)Nc1ccc(SC(C)C(=O)Nc2nc(-c3cccs3)cs2)cc1. The number of thioether (sulfide) groups is 1. The molecule has 0 aliphatic rings. The number of hydrogen-bond acceptors (Lipinski definition) is 8. The zero-order valence-corrected chi connectivity index (χ0v) is 26.2. The van der Waals surface area contributed by atoms with Crippen LogP contribution in [0.5, 0.6) is 5.75 Å². The van der Waals surface area contributed by atoms with Crippen molar-refractivity contribution in [2.45, 2.75) is 17.1 Å². The Morgan fingerprint density at radius 3 is 2.36 bits per heavy atom. The lowest BCUT2D eigenvalue weighted by atomic mass is 10.1. The van der Waals surface area contributed by atoms with Crippen LogP contribution in [-0.2, 0) is 9.59 Å². The molecule has 2 aromatic heterocycles. The Morgan fingerprint density at radius 2 is 1.64 bits per heavy atom. The van der Waals surface area contributed by atoms with Crippen molar-refractivity contribution in [2.75, 3.05) is 17.7 Å². The summed E-state index contributed by atoms with van der Waals surface area (Å²) in [7, 11) is 1.54. The van der Waals surface area contributed by atoms with E-state index in [1.807, 2.05) is 60.1 Å². The second-order valence-corrected chi connectivity index (χ2v) is 12.6. The number of thiophene rings is 1. The van der Waals surface area contributed by atoms with Crippen molar-refractivity contribution in [1.82, 2.24) is 10.3 Å². The standard InChI is InChI=1S/C33H28N4O4S3/c1-21(30(38)37-33-36-27(20-43-33)29-13-8-18-42-29)44-25-16-14-24(15-17-25)34-32(40)26(19-23-11-6-7-12-28(23)41-2)35-31(39)22-9-4-3-5-10-22/h3-21H,1-2H3,(H,34,40)(H,35,39)(H,36,37,38)/b26-19-. The maximum atomic E-state index is 13.4. The van der Waals surface area contributed by atoms with Crippen LogP contribution < -0.4 is 20.7 Å². The molecule has 1 atom stereocenters. The van der Waals surface area contributed by atoms with Gasteiger partial charge in [-0.3, -0.25) is 14.4 Å². The van der Waals surface area contributed by atoms with Gasteiger partial charge in [0.1, 0.15) is 11.4 Å². The predicted molar refractivity (Wildman–Crippen MR) is 179 cm³/mol. The van der Waals surface area contributed by atoms with Crippen LogP contribution in [-0.4, -0.2) is 35.1 Å². The number of rotatable bonds is 11. The molecule has 0 aliphatic carbocycles. The van der Waals surface area contributed by atoms with Gasteiger partial charge in [0.05, 0.1) is 22.9 Å². The van der Waals surface area contributed by atoms with Crippen molar-refractivity contribution in [3.05, 3.63) is 119 Å². The van der Waals surface area contributed by atoms with Crippen molar-refractivity contribution in [2.24, 2.45) is 0 Å². The molecule has 5 aromatic rings. The minimum Gasteiger partial charge on any atom is -0.496 e. The first kappa shape index (κ1) is 30.7. The Morgan fingerprint density at radius 1 is 0.886 bits per heavy atom. The van der Waals surface area contributed by atoms with Gasteiger partial charge in [-0.1, -0.05) is 42.5 Å². The van der Waals surface area contributed by atoms with Gasteiger partial charge in [-0.05, 0) is 66.9 Å². The highest BCUT2D eigenvalue weighted by molar-refractivity contribution is 8.00. The summed E-state index contributed by atoms with van der Waals surface area (Å²) < 4.78 is 5.42. The molecule has 8 nitrogen and oxygen atoms in total. The number of methoxy groups -OCH3 is 1. The maximum Gasteiger partial charge on any atom is 0.272 e. The number of carbonyl (C=O) groups is 3. The van der Waals surface area contributed by atoms with E-state index in [4.69, 9.17) is 4.74 Å². The van der Waals surface area contributed by atoms with Gasteiger partial charge in [0.25, 0.3) is 11.8 Å². The fraction of sp³-hybridized carbons (Fsp3) is 0.0909. The van der Waals surface area contributed by atoms with E-state index in [2.05, 4.69) is 20.9 Å². The van der Waals surface area contributed by atoms with Gasteiger partial charge in [0.2, 0.25) is 5.91 Å². The number of ether oxygens (including phenoxy) is 1. The predicted octanol–water partition coefficient (Wildman–Crippen LogP) is 7.41. The van der Waals surface area contributed by atoms with E-state index in [1.165, 1.54) is 23.1 Å². The maximum absolute atomic E-state index is 13.4. The van der Waals surface area contributed by atoms with Gasteiger partial charge in [-0.15, -0.1) is 34.4 Å². The van der Waals surface area contributed by atoms with Crippen molar-refractivity contribution in [3.63, 3.8) is 0 Å². The van der Waals surface area contributed by atoms with Gasteiger partial charge < -0.3 is 20.7 Å². The molecule has 222 valence electrons. The summed E-state index contributed by atoms with van der Waals surface area (Å²) in [6.07, 6.45) is 1.57. The molecule has 44 heavy (non-hydrogen) atoms. The number of carbonyl (C=O) groups excluding carboxylic acids is 3. The number of nitrogens with zero attached hydrogens (tertiary/aromatic N) is 1. The van der Waals surface area contributed by atoms with E-state index < -0.39 is 11.8 Å². The molecule has 0 aliphatic heterocycles. The van der Waals surface area contributed by atoms with Crippen LogP contribution in [0.3, 0.4) is 0 Å². The Labute approximate surface area is 267 Å². The summed E-state index contributed by atoms with van der Waals surface area (Å²) in [5, 5.41) is 12.6. The molecule has 2 heterocycles.